The Morgan fingerprint density at radius 1 is 1.03 bits per heavy atom. The third-order valence-electron chi connectivity index (χ3n) is 5.22. The molecule has 7 nitrogen and oxygen atoms in total. The quantitative estimate of drug-likeness (QED) is 0.274. The first-order valence-electron chi connectivity index (χ1n) is 10.9. The molecule has 0 unspecified atom stereocenters. The number of carboxylic acid groups (broad SMARTS) is 1. The predicted octanol–water partition coefficient (Wildman–Crippen LogP) is 6.25. The van der Waals surface area contributed by atoms with Crippen LogP contribution in [0.5, 0.6) is 17.4 Å². The lowest BCUT2D eigenvalue weighted by Gasteiger charge is -2.09. The number of thiazole rings is 1. The van der Waals surface area contributed by atoms with Crippen LogP contribution in [-0.2, 0) is 17.6 Å². The number of halogens is 3. The van der Waals surface area contributed by atoms with Gasteiger partial charge in [-0.15, -0.1) is 11.3 Å². The molecule has 0 aliphatic rings. The van der Waals surface area contributed by atoms with Crippen molar-refractivity contribution in [2.45, 2.75) is 19.7 Å². The van der Waals surface area contributed by atoms with Crippen molar-refractivity contribution in [2.75, 3.05) is 13.7 Å². The lowest BCUT2D eigenvalue weighted by molar-refractivity contribution is -0.139. The molecule has 37 heavy (non-hydrogen) atoms. The van der Waals surface area contributed by atoms with Crippen molar-refractivity contribution in [1.29, 1.82) is 0 Å². The standard InChI is InChI=1S/C26H21F3N2O5S/c1-15-11-19(8-9-20(15)36-14-23(32)33)35-13-22-31-24(16-3-6-18(7-4-16)26(27,28)29)25(37-22)17-5-10-21(34-2)30-12-17/h3-12H,13-14H2,1-2H3,(H,32,33). The molecule has 0 atom stereocenters. The average Bonchev–Trinajstić information content (AvgIpc) is 3.31. The third kappa shape index (κ3) is 6.36. The molecule has 2 heterocycles. The van der Waals surface area contributed by atoms with Crippen LogP contribution in [0.25, 0.3) is 21.7 Å². The Balaban J connectivity index is 1.60. The molecule has 0 radical (unpaired) electrons. The van der Waals surface area contributed by atoms with Gasteiger partial charge in [-0.05, 0) is 48.9 Å². The molecule has 1 N–H and O–H groups in total. The minimum absolute atomic E-state index is 0.108. The molecule has 0 aliphatic heterocycles. The summed E-state index contributed by atoms with van der Waals surface area (Å²) in [5.41, 5.74) is 1.73. The predicted molar refractivity (Wildman–Crippen MR) is 131 cm³/mol. The average molecular weight is 531 g/mol. The molecule has 4 rings (SSSR count). The molecule has 4 aromatic rings. The van der Waals surface area contributed by atoms with E-state index in [1.165, 1.54) is 30.6 Å². The van der Waals surface area contributed by atoms with Crippen LogP contribution < -0.4 is 14.2 Å². The van der Waals surface area contributed by atoms with Gasteiger partial charge in [0.15, 0.2) is 6.61 Å². The monoisotopic (exact) mass is 530 g/mol. The number of aliphatic carboxylic acids is 1. The van der Waals surface area contributed by atoms with Crippen LogP contribution in [0, 0.1) is 6.92 Å². The van der Waals surface area contributed by atoms with E-state index in [1.807, 2.05) is 0 Å². The van der Waals surface area contributed by atoms with Gasteiger partial charge in [-0.25, -0.2) is 14.8 Å². The number of methoxy groups -OCH3 is 1. The molecule has 0 bridgehead atoms. The van der Waals surface area contributed by atoms with Gasteiger partial charge in [-0.3, -0.25) is 0 Å². The lowest BCUT2D eigenvalue weighted by Crippen LogP contribution is -2.10. The molecule has 2 aromatic heterocycles. The van der Waals surface area contributed by atoms with E-state index < -0.39 is 24.3 Å². The van der Waals surface area contributed by atoms with Crippen molar-refractivity contribution in [2.24, 2.45) is 0 Å². The Morgan fingerprint density at radius 3 is 2.35 bits per heavy atom. The molecule has 0 saturated heterocycles. The zero-order valence-electron chi connectivity index (χ0n) is 19.7. The van der Waals surface area contributed by atoms with Crippen LogP contribution in [0.1, 0.15) is 16.1 Å². The number of pyridine rings is 1. The van der Waals surface area contributed by atoms with Crippen molar-refractivity contribution in [1.82, 2.24) is 9.97 Å². The molecule has 0 spiro atoms. The number of carbonyl (C=O) groups is 1. The normalized spacial score (nSPS) is 11.3. The van der Waals surface area contributed by atoms with Gasteiger partial charge >= 0.3 is 12.1 Å². The van der Waals surface area contributed by atoms with Gasteiger partial charge in [0.05, 0.1) is 23.2 Å². The summed E-state index contributed by atoms with van der Waals surface area (Å²) in [5.74, 6) is 0.316. The maximum atomic E-state index is 13.1. The maximum Gasteiger partial charge on any atom is 0.416 e. The highest BCUT2D eigenvalue weighted by molar-refractivity contribution is 7.15. The number of alkyl halides is 3. The first-order valence-corrected chi connectivity index (χ1v) is 11.7. The van der Waals surface area contributed by atoms with Crippen LogP contribution in [0.2, 0.25) is 0 Å². The SMILES string of the molecule is COc1ccc(-c2sc(COc3ccc(OCC(=O)O)c(C)c3)nc2-c2ccc(C(F)(F)F)cc2)cn1. The Kier molecular flexibility index (Phi) is 7.63. The van der Waals surface area contributed by atoms with Gasteiger partial charge in [-0.1, -0.05) is 12.1 Å². The summed E-state index contributed by atoms with van der Waals surface area (Å²) < 4.78 is 55.4. The summed E-state index contributed by atoms with van der Waals surface area (Å²) in [5, 5.41) is 9.38. The Morgan fingerprint density at radius 2 is 1.76 bits per heavy atom. The minimum Gasteiger partial charge on any atom is -0.486 e. The fourth-order valence-corrected chi connectivity index (χ4v) is 4.42. The number of ether oxygens (including phenoxy) is 3. The fourth-order valence-electron chi connectivity index (χ4n) is 3.43. The van der Waals surface area contributed by atoms with Crippen molar-refractivity contribution in [3.63, 3.8) is 0 Å². The van der Waals surface area contributed by atoms with Crippen LogP contribution >= 0.6 is 11.3 Å². The van der Waals surface area contributed by atoms with Crippen molar-refractivity contribution in [3.8, 4) is 39.1 Å². The number of hydrogen-bond acceptors (Lipinski definition) is 7. The summed E-state index contributed by atoms with van der Waals surface area (Å²) in [6.45, 7) is 1.43. The number of rotatable bonds is 9. The number of carboxylic acids is 1. The highest BCUT2D eigenvalue weighted by Gasteiger charge is 2.30. The largest absolute Gasteiger partial charge is 0.486 e. The summed E-state index contributed by atoms with van der Waals surface area (Å²) in [6, 6.07) is 13.3. The van der Waals surface area contributed by atoms with Gasteiger partial charge in [0.2, 0.25) is 5.88 Å². The second-order valence-corrected chi connectivity index (χ2v) is 8.93. The molecule has 2 aromatic carbocycles. The number of aryl methyl sites for hydroxylation is 1. The summed E-state index contributed by atoms with van der Waals surface area (Å²) >= 11 is 1.34. The van der Waals surface area contributed by atoms with Gasteiger partial charge in [0, 0.05) is 23.4 Å². The highest BCUT2D eigenvalue weighted by Crippen LogP contribution is 2.39. The second kappa shape index (κ2) is 10.9. The number of benzene rings is 2. The van der Waals surface area contributed by atoms with E-state index in [-0.39, 0.29) is 6.61 Å². The van der Waals surface area contributed by atoms with Crippen molar-refractivity contribution < 1.29 is 37.3 Å². The first kappa shape index (κ1) is 26.0. The lowest BCUT2D eigenvalue weighted by atomic mass is 10.1. The fraction of sp³-hybridized carbons (Fsp3) is 0.192. The van der Waals surface area contributed by atoms with Crippen LogP contribution in [0.4, 0.5) is 13.2 Å². The van der Waals surface area contributed by atoms with E-state index in [9.17, 15) is 18.0 Å². The molecule has 0 aliphatic carbocycles. The van der Waals surface area contributed by atoms with E-state index in [1.54, 1.807) is 43.5 Å². The van der Waals surface area contributed by atoms with Gasteiger partial charge in [-0.2, -0.15) is 13.2 Å². The Bertz CT molecular complexity index is 1390. The van der Waals surface area contributed by atoms with E-state index in [2.05, 4.69) is 9.97 Å². The van der Waals surface area contributed by atoms with Gasteiger partial charge < -0.3 is 19.3 Å². The van der Waals surface area contributed by atoms with E-state index >= 15 is 0 Å². The zero-order valence-corrected chi connectivity index (χ0v) is 20.5. The van der Waals surface area contributed by atoms with E-state index in [4.69, 9.17) is 19.3 Å². The number of aromatic nitrogens is 2. The van der Waals surface area contributed by atoms with Gasteiger partial charge in [0.1, 0.15) is 23.1 Å². The zero-order chi connectivity index (χ0) is 26.6. The van der Waals surface area contributed by atoms with Gasteiger partial charge in [0.25, 0.3) is 0 Å². The van der Waals surface area contributed by atoms with E-state index in [0.717, 1.165) is 22.6 Å². The molecule has 0 saturated carbocycles. The molecule has 0 fully saturated rings. The van der Waals surface area contributed by atoms with E-state index in [0.29, 0.717) is 39.2 Å². The summed E-state index contributed by atoms with van der Waals surface area (Å²) in [6.07, 6.45) is -2.82. The third-order valence-corrected chi connectivity index (χ3v) is 6.30. The van der Waals surface area contributed by atoms with Crippen molar-refractivity contribution >= 4 is 17.3 Å². The minimum atomic E-state index is -4.44. The maximum absolute atomic E-state index is 13.1. The molecular formula is C26H21F3N2O5S. The molecule has 192 valence electrons. The number of hydrogen-bond donors (Lipinski definition) is 1. The van der Waals surface area contributed by atoms with Crippen LogP contribution in [0.3, 0.4) is 0 Å². The van der Waals surface area contributed by atoms with Crippen LogP contribution in [0.15, 0.2) is 60.8 Å². The topological polar surface area (TPSA) is 90.8 Å². The van der Waals surface area contributed by atoms with Crippen molar-refractivity contribution in [3.05, 3.63) is 76.9 Å². The Labute approximate surface area is 214 Å². The smallest absolute Gasteiger partial charge is 0.416 e. The molecular weight excluding hydrogens is 509 g/mol. The van der Waals surface area contributed by atoms with Crippen LogP contribution in [-0.4, -0.2) is 34.8 Å². The number of nitrogens with zero attached hydrogens (tertiary/aromatic N) is 2. The first-order chi connectivity index (χ1) is 17.6. The summed E-state index contributed by atoms with van der Waals surface area (Å²) in [4.78, 5) is 20.3. The Hall–Kier alpha value is -4.12. The molecule has 11 heteroatoms. The summed E-state index contributed by atoms with van der Waals surface area (Å²) in [7, 11) is 1.50. The second-order valence-electron chi connectivity index (χ2n) is 7.85. The molecule has 0 amide bonds. The highest BCUT2D eigenvalue weighted by atomic mass is 32.1.